The molecule has 4 amide bonds. The topological polar surface area (TPSA) is 140 Å². The number of aldehydes is 1. The van der Waals surface area contributed by atoms with Crippen molar-refractivity contribution >= 4 is 29.9 Å². The van der Waals surface area contributed by atoms with E-state index in [2.05, 4.69) is 24.1 Å². The van der Waals surface area contributed by atoms with Crippen molar-refractivity contribution in [1.82, 2.24) is 20.0 Å². The highest BCUT2D eigenvalue weighted by Gasteiger charge is 2.32. The Bertz CT molecular complexity index is 1250. The number of halogens is 3. The maximum atomic E-state index is 12.0. The number of hydrogen-bond donors (Lipinski definition) is 2. The van der Waals surface area contributed by atoms with E-state index in [0.29, 0.717) is 31.5 Å². The van der Waals surface area contributed by atoms with Gasteiger partial charge < -0.3 is 20.1 Å². The molecule has 0 saturated carbocycles. The van der Waals surface area contributed by atoms with Gasteiger partial charge in [-0.05, 0) is 129 Å². The lowest BCUT2D eigenvalue weighted by molar-refractivity contribution is -0.156. The predicted molar refractivity (Wildman–Crippen MR) is 182 cm³/mol. The van der Waals surface area contributed by atoms with Crippen LogP contribution >= 0.6 is 0 Å². The molecular weight excluding hydrogens is 657 g/mol. The number of piperidine rings is 2. The number of likely N-dealkylation sites (tertiary alicyclic amines) is 1. The van der Waals surface area contributed by atoms with Crippen LogP contribution in [0.5, 0.6) is 0 Å². The van der Waals surface area contributed by atoms with Crippen molar-refractivity contribution in [2.24, 2.45) is 11.8 Å². The summed E-state index contributed by atoms with van der Waals surface area (Å²) in [6, 6.07) is 0. The van der Waals surface area contributed by atoms with Gasteiger partial charge in [-0.25, -0.2) is 0 Å². The number of β-amino-alcohol motifs (C(OH)–C–C–N with tert-alkyl or cyclic N) is 1. The first kappa shape index (κ1) is 42.7. The Balaban J connectivity index is 0.000000271. The fourth-order valence-electron chi connectivity index (χ4n) is 5.26. The maximum Gasteiger partial charge on any atom is 0.446 e. The monoisotopic (exact) mass is 710 g/mol. The average molecular weight is 711 g/mol. The number of amides is 4. The molecule has 0 aliphatic carbocycles. The number of allylic oxidation sites excluding steroid dienone is 2. The minimum absolute atomic E-state index is 0.183. The third kappa shape index (κ3) is 18.5. The average Bonchev–Trinajstić information content (AvgIpc) is 3.77. The van der Waals surface area contributed by atoms with Crippen LogP contribution in [0.15, 0.2) is 48.6 Å². The Hall–Kier alpha value is -3.46. The molecule has 0 atom stereocenters. The number of nitrogens with zero attached hydrogens (tertiary/aromatic N) is 3. The zero-order chi connectivity index (χ0) is 37.4. The van der Waals surface area contributed by atoms with Crippen molar-refractivity contribution in [3.8, 4) is 0 Å². The summed E-state index contributed by atoms with van der Waals surface area (Å²) < 4.78 is 36.1. The van der Waals surface area contributed by atoms with Crippen LogP contribution in [-0.4, -0.2) is 120 Å². The van der Waals surface area contributed by atoms with E-state index in [-0.39, 0.29) is 29.2 Å². The minimum atomic E-state index is -4.64. The summed E-state index contributed by atoms with van der Waals surface area (Å²) >= 11 is 0. The van der Waals surface area contributed by atoms with E-state index in [9.17, 15) is 37.5 Å². The van der Waals surface area contributed by atoms with Gasteiger partial charge in [0.05, 0.1) is 17.8 Å². The molecule has 11 nitrogen and oxygen atoms in total. The quantitative estimate of drug-likeness (QED) is 0.240. The van der Waals surface area contributed by atoms with Crippen LogP contribution in [0.25, 0.3) is 0 Å². The van der Waals surface area contributed by atoms with E-state index in [1.807, 2.05) is 32.1 Å². The van der Waals surface area contributed by atoms with E-state index in [1.54, 1.807) is 18.2 Å². The van der Waals surface area contributed by atoms with Crippen LogP contribution in [0.1, 0.15) is 66.2 Å². The summed E-state index contributed by atoms with van der Waals surface area (Å²) in [5, 5.41) is 13.1. The zero-order valence-corrected chi connectivity index (χ0v) is 29.6. The van der Waals surface area contributed by atoms with Crippen molar-refractivity contribution in [2.45, 2.75) is 83.6 Å². The first-order valence-electron chi connectivity index (χ1n) is 17.1. The van der Waals surface area contributed by atoms with Crippen LogP contribution in [-0.2, 0) is 28.7 Å². The summed E-state index contributed by atoms with van der Waals surface area (Å²) in [4.78, 5) is 60.5. The van der Waals surface area contributed by atoms with Gasteiger partial charge in [-0.3, -0.25) is 33.8 Å². The lowest BCUT2D eigenvalue weighted by atomic mass is 9.95. The minimum Gasteiger partial charge on any atom is -0.389 e. The molecule has 3 saturated heterocycles. The second kappa shape index (κ2) is 20.4. The molecule has 0 bridgehead atoms. The fourth-order valence-corrected chi connectivity index (χ4v) is 5.26. The predicted octanol–water partition coefficient (Wildman–Crippen LogP) is 3.74. The number of hydrogen-bond acceptors (Lipinski definition) is 9. The summed E-state index contributed by atoms with van der Waals surface area (Å²) in [6.45, 7) is 14.3. The molecule has 0 aromatic carbocycles. The first-order chi connectivity index (χ1) is 23.4. The smallest absolute Gasteiger partial charge is 0.389 e. The molecule has 5 heterocycles. The van der Waals surface area contributed by atoms with Gasteiger partial charge in [-0.1, -0.05) is 24.3 Å². The van der Waals surface area contributed by atoms with Gasteiger partial charge >= 0.3 is 6.18 Å². The first-order valence-corrected chi connectivity index (χ1v) is 17.1. The van der Waals surface area contributed by atoms with Crippen molar-refractivity contribution < 1.29 is 47.0 Å². The highest BCUT2D eigenvalue weighted by molar-refractivity contribution is 6.06. The number of ether oxygens (including phenoxy) is 1. The van der Waals surface area contributed by atoms with E-state index in [1.165, 1.54) is 22.0 Å². The number of aliphatic hydroxyl groups is 1. The number of carbonyl (C=O) groups is 5. The number of carbonyl (C=O) groups excluding carboxylic acids is 5. The molecular formula is C36H53F3N4O7. The van der Waals surface area contributed by atoms with Crippen molar-refractivity contribution in [2.75, 3.05) is 52.4 Å². The van der Waals surface area contributed by atoms with E-state index in [0.717, 1.165) is 71.3 Å². The second-order valence-electron chi connectivity index (χ2n) is 14.0. The van der Waals surface area contributed by atoms with E-state index in [4.69, 9.17) is 9.53 Å². The van der Waals surface area contributed by atoms with Gasteiger partial charge in [0.2, 0.25) is 6.29 Å². The van der Waals surface area contributed by atoms with Gasteiger partial charge in [0.25, 0.3) is 23.6 Å². The van der Waals surface area contributed by atoms with Crippen LogP contribution in [0.2, 0.25) is 0 Å². The lowest BCUT2D eigenvalue weighted by Gasteiger charge is -2.34. The normalized spacial score (nSPS) is 21.5. The molecule has 0 radical (unpaired) electrons. The summed E-state index contributed by atoms with van der Waals surface area (Å²) in [5.74, 6) is 0.0244. The van der Waals surface area contributed by atoms with Crippen LogP contribution in [0.3, 0.4) is 0 Å². The lowest BCUT2D eigenvalue weighted by Crippen LogP contribution is -2.42. The maximum absolute atomic E-state index is 12.0. The molecule has 0 unspecified atom stereocenters. The Labute approximate surface area is 293 Å². The molecule has 280 valence electrons. The number of imide groups is 2. The number of rotatable bonds is 6. The standard InChI is InChI=1S/C17H26N2O3.C13H18N2O2.C4H8O.C2HF3O/c1-17(2,22)13-18-11-8-14(9-12-18)6-7-16(21)19-10-4-3-5-15(19)20;16-12-3-1-2-10-15(12)13(17)5-4-11-6-8-14-9-7-11;1-4(2)3-5-4;3-2(4,5)1-6/h3,5-7,14,22H,4,8-13H2,1-2H3;1,3-5,11,14H,2,6-10H2;3H2,1-2H3;1H/b7-6+;5-4+;;. The van der Waals surface area contributed by atoms with Gasteiger partial charge in [0, 0.05) is 19.6 Å². The molecule has 5 aliphatic rings. The van der Waals surface area contributed by atoms with Crippen molar-refractivity contribution in [3.05, 3.63) is 48.6 Å². The van der Waals surface area contributed by atoms with Crippen molar-refractivity contribution in [1.29, 1.82) is 0 Å². The van der Waals surface area contributed by atoms with Gasteiger partial charge in [-0.15, -0.1) is 0 Å². The molecule has 3 fully saturated rings. The van der Waals surface area contributed by atoms with Crippen LogP contribution < -0.4 is 5.32 Å². The van der Waals surface area contributed by atoms with E-state index >= 15 is 0 Å². The fraction of sp³-hybridized carbons (Fsp3) is 0.639. The number of epoxide rings is 1. The second-order valence-corrected chi connectivity index (χ2v) is 14.0. The Kier molecular flexibility index (Phi) is 17.4. The third-order valence-corrected chi connectivity index (χ3v) is 8.13. The molecule has 5 aliphatic heterocycles. The molecule has 0 spiro atoms. The number of alkyl halides is 3. The SMILES string of the molecule is CC(C)(O)CN1CCC(/C=C/C(=O)N2CCC=CC2=O)CC1.CC1(C)CO1.O=C1C=CCCN1C(=O)/C=C/C1CCNCC1.O=CC(F)(F)F. The molecule has 0 aromatic heterocycles. The molecule has 5 rings (SSSR count). The van der Waals surface area contributed by atoms with Crippen LogP contribution in [0, 0.1) is 11.8 Å². The van der Waals surface area contributed by atoms with Crippen molar-refractivity contribution in [3.63, 3.8) is 0 Å². The Morgan fingerprint density at radius 1 is 0.880 bits per heavy atom. The van der Waals surface area contributed by atoms with Crippen LogP contribution in [0.4, 0.5) is 13.2 Å². The highest BCUT2D eigenvalue weighted by atomic mass is 19.4. The third-order valence-electron chi connectivity index (χ3n) is 8.13. The van der Waals surface area contributed by atoms with E-state index < -0.39 is 18.1 Å². The zero-order valence-electron chi connectivity index (χ0n) is 29.6. The van der Waals surface area contributed by atoms with Gasteiger partial charge in [0.15, 0.2) is 0 Å². The summed E-state index contributed by atoms with van der Waals surface area (Å²) in [7, 11) is 0. The molecule has 50 heavy (non-hydrogen) atoms. The Morgan fingerprint density at radius 3 is 1.62 bits per heavy atom. The Morgan fingerprint density at radius 2 is 1.28 bits per heavy atom. The number of nitrogens with one attached hydrogen (secondary N) is 1. The molecule has 2 N–H and O–H groups in total. The summed E-state index contributed by atoms with van der Waals surface area (Å²) in [6.07, 6.45) is 13.4. The van der Waals surface area contributed by atoms with Gasteiger partial charge in [0.1, 0.15) is 0 Å². The molecule has 0 aromatic rings. The highest BCUT2D eigenvalue weighted by Crippen LogP contribution is 2.23. The molecule has 14 heteroatoms. The largest absolute Gasteiger partial charge is 0.446 e. The summed E-state index contributed by atoms with van der Waals surface area (Å²) in [5.41, 5.74) is -0.416. The van der Waals surface area contributed by atoms with Gasteiger partial charge in [-0.2, -0.15) is 13.2 Å².